The van der Waals surface area contributed by atoms with E-state index in [2.05, 4.69) is 298 Å². The topological polar surface area (TPSA) is 34.4 Å². The molecule has 18 rings (SSSR count). The van der Waals surface area contributed by atoms with E-state index in [0.717, 1.165) is 129 Å². The van der Waals surface area contributed by atoms with Gasteiger partial charge in [0, 0.05) is 84.2 Å². The molecule has 390 valence electrons. The van der Waals surface area contributed by atoms with Gasteiger partial charge in [0.15, 0.2) is 0 Å². The molecule has 0 saturated heterocycles. The zero-order chi connectivity index (χ0) is 55.0. The third-order valence-corrected chi connectivity index (χ3v) is 18.1. The van der Waals surface area contributed by atoms with Crippen LogP contribution in [0.4, 0.5) is 22.7 Å². The molecule has 0 saturated carbocycles. The van der Waals surface area contributed by atoms with E-state index in [1.807, 2.05) is 6.07 Å². The second kappa shape index (κ2) is 18.3. The van der Waals surface area contributed by atoms with E-state index >= 15 is 0 Å². The van der Waals surface area contributed by atoms with E-state index in [0.29, 0.717) is 0 Å². The number of benzene rings is 11. The number of anilines is 4. The van der Waals surface area contributed by atoms with Gasteiger partial charge < -0.3 is 24.1 Å². The van der Waals surface area contributed by atoms with Crippen LogP contribution in [-0.2, 0) is 0 Å². The van der Waals surface area contributed by atoms with Crippen LogP contribution in [0, 0.1) is 12.1 Å². The fourth-order valence-corrected chi connectivity index (χ4v) is 14.5. The molecule has 0 radical (unpaired) electrons. The number of nitrogens with one attached hydrogen (secondary N) is 1. The molecule has 0 bridgehead atoms. The fourth-order valence-electron chi connectivity index (χ4n) is 14.5. The summed E-state index contributed by atoms with van der Waals surface area (Å²) in [6.45, 7) is -0.212. The number of nitrogens with zero attached hydrogens (tertiary/aromatic N) is 3. The Morgan fingerprint density at radius 2 is 1.13 bits per heavy atom. The molecule has 1 N–H and O–H groups in total. The molecule has 3 aliphatic heterocycles. The van der Waals surface area contributed by atoms with Crippen LogP contribution in [0.1, 0.15) is 23.5 Å². The lowest BCUT2D eigenvalue weighted by atomic mass is 9.34. The van der Waals surface area contributed by atoms with Gasteiger partial charge in [-0.15, -0.1) is 0 Å². The monoisotopic (exact) mass is 1070 g/mol. The summed E-state index contributed by atoms with van der Waals surface area (Å²) in [5.74, 6) is 1.84. The van der Waals surface area contributed by atoms with Gasteiger partial charge in [0.1, 0.15) is 17.0 Å². The number of hydrogen-bond donors (Lipinski definition) is 1. The van der Waals surface area contributed by atoms with Gasteiger partial charge in [-0.2, -0.15) is 0 Å². The Kier molecular flexibility index (Phi) is 10.2. The number of ether oxygens (including phenoxy) is 1. The van der Waals surface area contributed by atoms with Crippen LogP contribution in [0.3, 0.4) is 0 Å². The molecular weight excluding hydrogens is 1020 g/mol. The minimum absolute atomic E-state index is 0.177. The Balaban J connectivity index is 0.999. The number of fused-ring (bicyclic) bond motifs is 13. The molecule has 4 aliphatic rings. The van der Waals surface area contributed by atoms with Crippen LogP contribution in [0.2, 0.25) is 0 Å². The Hall–Kier alpha value is -11.0. The largest absolute Gasteiger partial charge is 0.458 e. The van der Waals surface area contributed by atoms with E-state index in [9.17, 15) is 0 Å². The van der Waals surface area contributed by atoms with Crippen molar-refractivity contribution in [2.75, 3.05) is 10.2 Å². The molecule has 6 heteroatoms. The molecule has 0 spiro atoms. The Morgan fingerprint density at radius 3 is 1.94 bits per heavy atom. The smallest absolute Gasteiger partial charge is 0.256 e. The van der Waals surface area contributed by atoms with Crippen LogP contribution in [0.5, 0.6) is 11.5 Å². The lowest BCUT2D eigenvalue weighted by Gasteiger charge is -2.42. The SMILES string of the molecule is c1ccc2c3ccccc3n(-c3cc4c5c(c3)N(c3c(C6=C7Nc8ccccc8C7CC=C6)cccc3-c3cccc6c7ccccc7n(-c7ccccc7)c36)c3ccc(-c6ccccc6)cc3B5c3cc(-c5ccccc5)ccc3O4)c2c#1. The van der Waals surface area contributed by atoms with Crippen molar-refractivity contribution in [3.63, 3.8) is 0 Å². The predicted octanol–water partition coefficient (Wildman–Crippen LogP) is 17.8. The summed E-state index contributed by atoms with van der Waals surface area (Å²) in [4.78, 5) is 2.62. The number of para-hydroxylation sites is 6. The third-order valence-electron chi connectivity index (χ3n) is 18.1. The minimum atomic E-state index is -0.212. The summed E-state index contributed by atoms with van der Waals surface area (Å²) < 4.78 is 12.3. The van der Waals surface area contributed by atoms with Crippen LogP contribution >= 0.6 is 0 Å². The maximum Gasteiger partial charge on any atom is 0.256 e. The molecule has 1 atom stereocenters. The summed E-state index contributed by atoms with van der Waals surface area (Å²) in [6.07, 6.45) is 5.68. The van der Waals surface area contributed by atoms with Crippen LogP contribution in [-0.4, -0.2) is 15.8 Å². The molecule has 1 aliphatic carbocycles. The lowest BCUT2D eigenvalue weighted by molar-refractivity contribution is 0.487. The Labute approximate surface area is 487 Å². The molecule has 14 aromatic rings. The first-order valence-corrected chi connectivity index (χ1v) is 29.0. The highest BCUT2D eigenvalue weighted by Crippen LogP contribution is 2.54. The summed E-state index contributed by atoms with van der Waals surface area (Å²) in [5, 5.41) is 8.70. The summed E-state index contributed by atoms with van der Waals surface area (Å²) >= 11 is 0. The van der Waals surface area contributed by atoms with E-state index in [-0.39, 0.29) is 12.6 Å². The Morgan fingerprint density at radius 1 is 0.476 bits per heavy atom. The van der Waals surface area contributed by atoms with Gasteiger partial charge in [-0.25, -0.2) is 0 Å². The van der Waals surface area contributed by atoms with Crippen LogP contribution < -0.4 is 31.3 Å². The van der Waals surface area contributed by atoms with Gasteiger partial charge in [0.05, 0.1) is 27.9 Å². The highest BCUT2D eigenvalue weighted by atomic mass is 16.5. The highest BCUT2D eigenvalue weighted by Gasteiger charge is 2.44. The molecule has 12 aromatic carbocycles. The van der Waals surface area contributed by atoms with E-state index in [1.54, 1.807) is 0 Å². The molecule has 1 unspecified atom stereocenters. The normalized spacial score (nSPS) is 14.5. The molecular formula is C78H49BN4O. The molecule has 2 aromatic heterocycles. The molecule has 5 heterocycles. The van der Waals surface area contributed by atoms with Crippen molar-refractivity contribution in [3.8, 4) is 56.3 Å². The molecule has 0 amide bonds. The van der Waals surface area contributed by atoms with E-state index < -0.39 is 0 Å². The molecule has 5 nitrogen and oxygen atoms in total. The first-order valence-electron chi connectivity index (χ1n) is 29.0. The van der Waals surface area contributed by atoms with Crippen LogP contribution in [0.25, 0.3) is 93.9 Å². The average Bonchev–Trinajstić information content (AvgIpc) is 1.37. The van der Waals surface area contributed by atoms with Crippen molar-refractivity contribution in [1.29, 1.82) is 0 Å². The first kappa shape index (κ1) is 46.7. The van der Waals surface area contributed by atoms with Gasteiger partial charge in [-0.05, 0) is 117 Å². The first-order chi connectivity index (χ1) is 41.7. The van der Waals surface area contributed by atoms with Crippen molar-refractivity contribution in [2.24, 2.45) is 0 Å². The van der Waals surface area contributed by atoms with Crippen molar-refractivity contribution >= 4 is 95.0 Å². The molecule has 0 fully saturated rings. The average molecular weight is 1070 g/mol. The maximum absolute atomic E-state index is 7.51. The van der Waals surface area contributed by atoms with Crippen molar-refractivity contribution in [2.45, 2.75) is 12.3 Å². The number of aromatic nitrogens is 2. The standard InChI is InChI=1S/C78H49BN4O/c1-4-21-49(22-5-1)51-41-43-71-65(45-51)79-66-46-52(50-23-6-2-7-24-50)42-44-73(66)84-74-48-54(81-68-38-15-11-28-56(68)57-29-12-16-39-69(57)81)47-72(75(74)79)83(71)78-62(60-32-18-31-59-55-27-10-14-37-67(55)80-76(59)60)34-20-36-64(78)63-35-19-33-61-58-30-13-17-40-70(58)82(77(61)63)53-25-8-3-9-26-53/h1-15,17-30,32-38,40-48,59,80H,31H2. The quantitative estimate of drug-likeness (QED) is 0.162. The van der Waals surface area contributed by atoms with E-state index in [4.69, 9.17) is 4.74 Å². The van der Waals surface area contributed by atoms with Crippen molar-refractivity contribution in [1.82, 2.24) is 9.13 Å². The van der Waals surface area contributed by atoms with Gasteiger partial charge in [0.2, 0.25) is 0 Å². The third kappa shape index (κ3) is 6.87. The number of rotatable bonds is 7. The van der Waals surface area contributed by atoms with Crippen molar-refractivity contribution in [3.05, 3.63) is 302 Å². The van der Waals surface area contributed by atoms with Gasteiger partial charge in [-0.1, -0.05) is 212 Å². The second-order valence-corrected chi connectivity index (χ2v) is 22.5. The summed E-state index contributed by atoms with van der Waals surface area (Å²) in [7, 11) is 0. The van der Waals surface area contributed by atoms with Crippen LogP contribution in [0.15, 0.2) is 279 Å². The highest BCUT2D eigenvalue weighted by molar-refractivity contribution is 6.99. The fraction of sp³-hybridized carbons (Fsp3) is 0.0256. The zero-order valence-electron chi connectivity index (χ0n) is 45.6. The number of allylic oxidation sites excluding steroid dienone is 4. The minimum Gasteiger partial charge on any atom is -0.458 e. The maximum atomic E-state index is 7.51. The second-order valence-electron chi connectivity index (χ2n) is 22.5. The van der Waals surface area contributed by atoms with Gasteiger partial charge in [-0.3, -0.25) is 0 Å². The van der Waals surface area contributed by atoms with Crippen molar-refractivity contribution < 1.29 is 4.74 Å². The van der Waals surface area contributed by atoms with Gasteiger partial charge in [0.25, 0.3) is 6.71 Å². The zero-order valence-corrected chi connectivity index (χ0v) is 45.6. The lowest BCUT2D eigenvalue weighted by Crippen LogP contribution is -2.59. The Bertz CT molecular complexity index is 5080. The predicted molar refractivity (Wildman–Crippen MR) is 348 cm³/mol. The number of hydrogen-bond acceptors (Lipinski definition) is 3. The molecule has 84 heavy (non-hydrogen) atoms. The summed E-state index contributed by atoms with van der Waals surface area (Å²) in [6, 6.07) is 103. The summed E-state index contributed by atoms with van der Waals surface area (Å²) in [5.41, 5.74) is 26.0. The van der Waals surface area contributed by atoms with E-state index in [1.165, 1.54) is 38.8 Å². The van der Waals surface area contributed by atoms with Gasteiger partial charge >= 0.3 is 0 Å².